The molecule has 1 fully saturated rings. The van der Waals surface area contributed by atoms with E-state index in [0.29, 0.717) is 6.04 Å². The Morgan fingerprint density at radius 3 is 2.89 bits per heavy atom. The van der Waals surface area contributed by atoms with Crippen LogP contribution in [0.4, 0.5) is 4.79 Å². The lowest BCUT2D eigenvalue weighted by Crippen LogP contribution is -2.47. The van der Waals surface area contributed by atoms with Gasteiger partial charge in [-0.1, -0.05) is 0 Å². The van der Waals surface area contributed by atoms with Crippen LogP contribution in [0.2, 0.25) is 0 Å². The zero-order chi connectivity index (χ0) is 13.7. The first-order chi connectivity index (χ1) is 9.16. The van der Waals surface area contributed by atoms with Crippen molar-refractivity contribution in [1.29, 1.82) is 0 Å². The molecule has 0 spiro atoms. The van der Waals surface area contributed by atoms with Crippen LogP contribution in [0.1, 0.15) is 30.5 Å². The highest BCUT2D eigenvalue weighted by atomic mass is 16.2. The van der Waals surface area contributed by atoms with E-state index in [4.69, 9.17) is 5.73 Å². The maximum Gasteiger partial charge on any atom is 0.314 e. The van der Waals surface area contributed by atoms with E-state index in [1.165, 1.54) is 5.56 Å². The maximum absolute atomic E-state index is 11.0. The molecular weight excluding hydrogens is 242 g/mol. The third-order valence-corrected chi connectivity index (χ3v) is 3.80. The monoisotopic (exact) mass is 265 g/mol. The van der Waals surface area contributed by atoms with E-state index in [-0.39, 0.29) is 6.03 Å². The summed E-state index contributed by atoms with van der Waals surface area (Å²) < 4.78 is 0. The van der Waals surface area contributed by atoms with Gasteiger partial charge in [0.05, 0.1) is 6.20 Å². The molecule has 19 heavy (non-hydrogen) atoms. The van der Waals surface area contributed by atoms with Crippen molar-refractivity contribution >= 4 is 6.03 Å². The molecule has 0 saturated carbocycles. The molecule has 1 aliphatic heterocycles. The highest BCUT2D eigenvalue weighted by molar-refractivity contribution is 5.72. The van der Waals surface area contributed by atoms with E-state index in [0.717, 1.165) is 51.0 Å². The largest absolute Gasteiger partial charge is 0.351 e. The average molecular weight is 265 g/mol. The number of carbonyl (C=O) groups excluding carboxylic acids is 1. The summed E-state index contributed by atoms with van der Waals surface area (Å²) in [4.78, 5) is 12.7. The number of primary amides is 1. The van der Waals surface area contributed by atoms with Crippen LogP contribution in [-0.2, 0) is 6.42 Å². The minimum atomic E-state index is -0.297. The number of hydrogen-bond donors (Lipinski definition) is 3. The Labute approximate surface area is 113 Å². The van der Waals surface area contributed by atoms with Crippen LogP contribution in [0.15, 0.2) is 6.20 Å². The van der Waals surface area contributed by atoms with Gasteiger partial charge in [0.2, 0.25) is 0 Å². The summed E-state index contributed by atoms with van der Waals surface area (Å²) in [6, 6.07) is 0.218. The fourth-order valence-corrected chi connectivity index (χ4v) is 2.52. The van der Waals surface area contributed by atoms with E-state index in [1.807, 2.05) is 6.20 Å². The zero-order valence-corrected chi connectivity index (χ0v) is 11.5. The van der Waals surface area contributed by atoms with E-state index in [1.54, 1.807) is 4.90 Å². The van der Waals surface area contributed by atoms with Gasteiger partial charge in [-0.25, -0.2) is 4.79 Å². The second-order valence-corrected chi connectivity index (χ2v) is 5.18. The number of nitrogens with zero attached hydrogens (tertiary/aromatic N) is 2. The summed E-state index contributed by atoms with van der Waals surface area (Å²) in [5.41, 5.74) is 7.72. The number of likely N-dealkylation sites (tertiary alicyclic amines) is 1. The summed E-state index contributed by atoms with van der Waals surface area (Å²) in [7, 11) is 0. The quantitative estimate of drug-likeness (QED) is 0.688. The van der Waals surface area contributed by atoms with Crippen molar-refractivity contribution < 1.29 is 4.79 Å². The number of aryl methyl sites for hydroxylation is 2. The summed E-state index contributed by atoms with van der Waals surface area (Å²) in [6.07, 6.45) is 6.05. The van der Waals surface area contributed by atoms with Crippen molar-refractivity contribution in [3.63, 3.8) is 0 Å². The lowest BCUT2D eigenvalue weighted by atomic mass is 10.0. The van der Waals surface area contributed by atoms with Gasteiger partial charge in [0.1, 0.15) is 0 Å². The molecule has 0 radical (unpaired) electrons. The average Bonchev–Trinajstić information content (AvgIpc) is 2.81. The molecule has 1 aromatic heterocycles. The first-order valence-electron chi connectivity index (χ1n) is 6.93. The van der Waals surface area contributed by atoms with E-state index in [2.05, 4.69) is 22.4 Å². The van der Waals surface area contributed by atoms with Crippen molar-refractivity contribution in [1.82, 2.24) is 20.4 Å². The normalized spacial score (nSPS) is 16.8. The molecule has 1 saturated heterocycles. The predicted octanol–water partition coefficient (Wildman–Crippen LogP) is 0.783. The van der Waals surface area contributed by atoms with Crippen LogP contribution in [0.25, 0.3) is 0 Å². The molecule has 2 rings (SSSR count). The predicted molar refractivity (Wildman–Crippen MR) is 73.8 cm³/mol. The van der Waals surface area contributed by atoms with Gasteiger partial charge in [-0.2, -0.15) is 5.10 Å². The smallest absolute Gasteiger partial charge is 0.314 e. The Kier molecular flexibility index (Phi) is 4.79. The van der Waals surface area contributed by atoms with Crippen molar-refractivity contribution in [2.24, 2.45) is 5.73 Å². The van der Waals surface area contributed by atoms with Gasteiger partial charge in [0, 0.05) is 24.8 Å². The lowest BCUT2D eigenvalue weighted by molar-refractivity contribution is 0.185. The topological polar surface area (TPSA) is 87.0 Å². The van der Waals surface area contributed by atoms with Gasteiger partial charge in [-0.3, -0.25) is 5.10 Å². The minimum absolute atomic E-state index is 0.297. The summed E-state index contributed by atoms with van der Waals surface area (Å²) in [5.74, 6) is 0. The molecular formula is C13H23N5O. The molecule has 106 valence electrons. The first-order valence-corrected chi connectivity index (χ1v) is 6.93. The van der Waals surface area contributed by atoms with Gasteiger partial charge < -0.3 is 16.0 Å². The summed E-state index contributed by atoms with van der Waals surface area (Å²) in [6.45, 7) is 4.60. The van der Waals surface area contributed by atoms with Gasteiger partial charge in [-0.05, 0) is 44.7 Å². The Hall–Kier alpha value is -1.56. The number of hydrogen-bond acceptors (Lipinski definition) is 3. The Morgan fingerprint density at radius 2 is 2.32 bits per heavy atom. The number of rotatable bonds is 5. The third kappa shape index (κ3) is 3.96. The summed E-state index contributed by atoms with van der Waals surface area (Å²) in [5, 5.41) is 10.5. The SMILES string of the molecule is Cc1[nH]ncc1CCCNC1CCN(C(N)=O)CC1. The molecule has 6 heteroatoms. The van der Waals surface area contributed by atoms with Gasteiger partial charge in [0.25, 0.3) is 0 Å². The number of aromatic nitrogens is 2. The number of nitrogens with one attached hydrogen (secondary N) is 2. The number of carbonyl (C=O) groups is 1. The molecule has 1 aromatic rings. The van der Waals surface area contributed by atoms with Crippen molar-refractivity contribution in [3.05, 3.63) is 17.5 Å². The van der Waals surface area contributed by atoms with E-state index in [9.17, 15) is 4.79 Å². The fraction of sp³-hybridized carbons (Fsp3) is 0.692. The second-order valence-electron chi connectivity index (χ2n) is 5.18. The Balaban J connectivity index is 1.60. The molecule has 0 atom stereocenters. The van der Waals surface area contributed by atoms with Crippen LogP contribution in [0.3, 0.4) is 0 Å². The number of amides is 2. The lowest BCUT2D eigenvalue weighted by Gasteiger charge is -2.31. The molecule has 0 aliphatic carbocycles. The van der Waals surface area contributed by atoms with Crippen LogP contribution in [0.5, 0.6) is 0 Å². The maximum atomic E-state index is 11.0. The number of H-pyrrole nitrogens is 1. The van der Waals surface area contributed by atoms with Crippen LogP contribution in [0, 0.1) is 6.92 Å². The van der Waals surface area contributed by atoms with Gasteiger partial charge >= 0.3 is 6.03 Å². The first kappa shape index (κ1) is 13.9. The molecule has 0 bridgehead atoms. The number of urea groups is 1. The minimum Gasteiger partial charge on any atom is -0.351 e. The van der Waals surface area contributed by atoms with Gasteiger partial charge in [0.15, 0.2) is 0 Å². The number of piperidine rings is 1. The molecule has 2 heterocycles. The van der Waals surface area contributed by atoms with Crippen LogP contribution < -0.4 is 11.1 Å². The van der Waals surface area contributed by atoms with Crippen molar-refractivity contribution in [3.8, 4) is 0 Å². The Bertz CT molecular complexity index is 409. The standard InChI is InChI=1S/C13H23N5O/c1-10-11(9-16-17-10)3-2-6-15-12-4-7-18(8-5-12)13(14)19/h9,12,15H,2-8H2,1H3,(H2,14,19)(H,16,17). The zero-order valence-electron chi connectivity index (χ0n) is 11.5. The number of aromatic amines is 1. The van der Waals surface area contributed by atoms with E-state index < -0.39 is 0 Å². The van der Waals surface area contributed by atoms with Crippen molar-refractivity contribution in [2.45, 2.75) is 38.6 Å². The molecule has 4 N–H and O–H groups in total. The number of nitrogens with two attached hydrogens (primary N) is 1. The van der Waals surface area contributed by atoms with Crippen molar-refractivity contribution in [2.75, 3.05) is 19.6 Å². The van der Waals surface area contributed by atoms with Crippen LogP contribution >= 0.6 is 0 Å². The highest BCUT2D eigenvalue weighted by Crippen LogP contribution is 2.10. The van der Waals surface area contributed by atoms with E-state index >= 15 is 0 Å². The fourth-order valence-electron chi connectivity index (χ4n) is 2.52. The molecule has 0 aromatic carbocycles. The molecule has 0 unspecified atom stereocenters. The Morgan fingerprint density at radius 1 is 1.58 bits per heavy atom. The third-order valence-electron chi connectivity index (χ3n) is 3.80. The summed E-state index contributed by atoms with van der Waals surface area (Å²) >= 11 is 0. The highest BCUT2D eigenvalue weighted by Gasteiger charge is 2.20. The van der Waals surface area contributed by atoms with Gasteiger partial charge in [-0.15, -0.1) is 0 Å². The van der Waals surface area contributed by atoms with Crippen LogP contribution in [-0.4, -0.2) is 46.8 Å². The molecule has 1 aliphatic rings. The second kappa shape index (κ2) is 6.56. The molecule has 6 nitrogen and oxygen atoms in total. The molecule has 2 amide bonds.